The SMILES string of the molecule is O=C(NCCc1ccc(Cl)cc1)C(=O)c1cccn1-c1ccc(F)cc1. The van der Waals surface area contributed by atoms with Crippen LogP contribution in [0.1, 0.15) is 16.1 Å². The number of carbonyl (C=O) groups is 2. The molecule has 0 unspecified atom stereocenters. The van der Waals surface area contributed by atoms with E-state index in [0.717, 1.165) is 5.56 Å². The molecule has 0 radical (unpaired) electrons. The molecule has 132 valence electrons. The Morgan fingerprint density at radius 3 is 2.38 bits per heavy atom. The fraction of sp³-hybridized carbons (Fsp3) is 0.100. The molecule has 0 spiro atoms. The number of amides is 1. The third-order valence-corrected chi connectivity index (χ3v) is 4.16. The van der Waals surface area contributed by atoms with E-state index in [4.69, 9.17) is 11.6 Å². The third-order valence-electron chi connectivity index (χ3n) is 3.90. The number of nitrogens with one attached hydrogen (secondary N) is 1. The molecule has 0 aliphatic rings. The first-order chi connectivity index (χ1) is 12.5. The van der Waals surface area contributed by atoms with E-state index < -0.39 is 11.7 Å². The maximum Gasteiger partial charge on any atom is 0.294 e. The van der Waals surface area contributed by atoms with E-state index in [1.807, 2.05) is 12.1 Å². The van der Waals surface area contributed by atoms with Crippen molar-refractivity contribution in [2.45, 2.75) is 6.42 Å². The van der Waals surface area contributed by atoms with E-state index in [1.165, 1.54) is 12.1 Å². The van der Waals surface area contributed by atoms with E-state index in [2.05, 4.69) is 5.32 Å². The smallest absolute Gasteiger partial charge is 0.294 e. The maximum atomic E-state index is 13.1. The van der Waals surface area contributed by atoms with Gasteiger partial charge in [0.1, 0.15) is 5.82 Å². The van der Waals surface area contributed by atoms with E-state index in [-0.39, 0.29) is 11.5 Å². The topological polar surface area (TPSA) is 51.1 Å². The summed E-state index contributed by atoms with van der Waals surface area (Å²) in [6, 6.07) is 16.2. The van der Waals surface area contributed by atoms with Gasteiger partial charge >= 0.3 is 0 Å². The van der Waals surface area contributed by atoms with Gasteiger partial charge < -0.3 is 9.88 Å². The molecule has 0 fully saturated rings. The lowest BCUT2D eigenvalue weighted by atomic mass is 10.1. The molecule has 1 N–H and O–H groups in total. The highest BCUT2D eigenvalue weighted by molar-refractivity contribution is 6.42. The molecule has 1 heterocycles. The molecule has 0 saturated carbocycles. The number of Topliss-reactive ketones (excluding diaryl/α,β-unsaturated/α-hetero) is 1. The highest BCUT2D eigenvalue weighted by Gasteiger charge is 2.19. The predicted molar refractivity (Wildman–Crippen MR) is 98.2 cm³/mol. The average molecular weight is 371 g/mol. The Morgan fingerprint density at radius 2 is 1.69 bits per heavy atom. The van der Waals surface area contributed by atoms with Gasteiger partial charge in [-0.05, 0) is 60.5 Å². The van der Waals surface area contributed by atoms with Crippen LogP contribution in [0.5, 0.6) is 0 Å². The lowest BCUT2D eigenvalue weighted by Gasteiger charge is -2.09. The molecule has 1 aromatic heterocycles. The monoisotopic (exact) mass is 370 g/mol. The normalized spacial score (nSPS) is 10.5. The van der Waals surface area contributed by atoms with Crippen molar-refractivity contribution < 1.29 is 14.0 Å². The number of rotatable bonds is 6. The van der Waals surface area contributed by atoms with Gasteiger partial charge in [0, 0.05) is 23.5 Å². The zero-order valence-corrected chi connectivity index (χ0v) is 14.5. The second kappa shape index (κ2) is 7.97. The van der Waals surface area contributed by atoms with Crippen molar-refractivity contribution >= 4 is 23.3 Å². The number of hydrogen-bond acceptors (Lipinski definition) is 2. The van der Waals surface area contributed by atoms with Gasteiger partial charge in [0.25, 0.3) is 11.7 Å². The van der Waals surface area contributed by atoms with E-state index in [0.29, 0.717) is 23.7 Å². The molecular weight excluding hydrogens is 355 g/mol. The first kappa shape index (κ1) is 17.9. The van der Waals surface area contributed by atoms with Crippen LogP contribution in [0.2, 0.25) is 5.02 Å². The van der Waals surface area contributed by atoms with Crippen LogP contribution in [0.3, 0.4) is 0 Å². The maximum absolute atomic E-state index is 13.1. The van der Waals surface area contributed by atoms with Crippen LogP contribution in [0, 0.1) is 5.82 Å². The molecule has 0 atom stereocenters. The number of ketones is 1. The second-order valence-electron chi connectivity index (χ2n) is 5.70. The molecule has 0 saturated heterocycles. The lowest BCUT2D eigenvalue weighted by molar-refractivity contribution is -0.117. The minimum Gasteiger partial charge on any atom is -0.349 e. The number of halogens is 2. The number of aromatic nitrogens is 1. The summed E-state index contributed by atoms with van der Waals surface area (Å²) in [7, 11) is 0. The van der Waals surface area contributed by atoms with Crippen LogP contribution in [0.25, 0.3) is 5.69 Å². The number of nitrogens with zero attached hydrogens (tertiary/aromatic N) is 1. The summed E-state index contributed by atoms with van der Waals surface area (Å²) in [6.45, 7) is 0.337. The summed E-state index contributed by atoms with van der Waals surface area (Å²) >= 11 is 5.83. The van der Waals surface area contributed by atoms with Crippen molar-refractivity contribution in [3.05, 3.63) is 89.0 Å². The molecule has 26 heavy (non-hydrogen) atoms. The Bertz CT molecular complexity index is 918. The van der Waals surface area contributed by atoms with Crippen molar-refractivity contribution in [2.75, 3.05) is 6.54 Å². The third kappa shape index (κ3) is 4.18. The Balaban J connectivity index is 1.64. The Kier molecular flexibility index (Phi) is 5.49. The lowest BCUT2D eigenvalue weighted by Crippen LogP contribution is -2.33. The zero-order valence-electron chi connectivity index (χ0n) is 13.8. The summed E-state index contributed by atoms with van der Waals surface area (Å²) < 4.78 is 14.6. The van der Waals surface area contributed by atoms with Crippen molar-refractivity contribution in [1.29, 1.82) is 0 Å². The van der Waals surface area contributed by atoms with Crippen LogP contribution >= 0.6 is 11.6 Å². The van der Waals surface area contributed by atoms with Gasteiger partial charge in [-0.25, -0.2) is 4.39 Å². The highest BCUT2D eigenvalue weighted by Crippen LogP contribution is 2.14. The summed E-state index contributed by atoms with van der Waals surface area (Å²) in [5.41, 5.74) is 1.84. The number of carbonyl (C=O) groups excluding carboxylic acids is 2. The molecule has 2 aromatic carbocycles. The molecular formula is C20H16ClFN2O2. The van der Waals surface area contributed by atoms with E-state index in [9.17, 15) is 14.0 Å². The van der Waals surface area contributed by atoms with E-state index in [1.54, 1.807) is 47.2 Å². The summed E-state index contributed by atoms with van der Waals surface area (Å²) in [6.07, 6.45) is 2.25. The van der Waals surface area contributed by atoms with Crippen LogP contribution in [0.4, 0.5) is 4.39 Å². The number of hydrogen-bond donors (Lipinski definition) is 1. The second-order valence-corrected chi connectivity index (χ2v) is 6.14. The quantitative estimate of drug-likeness (QED) is 0.530. The van der Waals surface area contributed by atoms with Crippen molar-refractivity contribution in [2.24, 2.45) is 0 Å². The fourth-order valence-corrected chi connectivity index (χ4v) is 2.69. The molecule has 6 heteroatoms. The Labute approximate surface area is 155 Å². The van der Waals surface area contributed by atoms with E-state index >= 15 is 0 Å². The average Bonchev–Trinajstić information content (AvgIpc) is 3.13. The summed E-state index contributed by atoms with van der Waals surface area (Å²) in [4.78, 5) is 24.6. The van der Waals surface area contributed by atoms with Gasteiger partial charge in [0.2, 0.25) is 0 Å². The largest absolute Gasteiger partial charge is 0.349 e. The van der Waals surface area contributed by atoms with Crippen molar-refractivity contribution in [3.8, 4) is 5.69 Å². The van der Waals surface area contributed by atoms with Gasteiger partial charge in [-0.1, -0.05) is 23.7 Å². The van der Waals surface area contributed by atoms with Crippen LogP contribution in [0.15, 0.2) is 66.9 Å². The van der Waals surface area contributed by atoms with Gasteiger partial charge in [0.05, 0.1) is 5.69 Å². The van der Waals surface area contributed by atoms with Gasteiger partial charge in [-0.2, -0.15) is 0 Å². The molecule has 0 aliphatic heterocycles. The Morgan fingerprint density at radius 1 is 1.00 bits per heavy atom. The van der Waals surface area contributed by atoms with Crippen LogP contribution in [-0.4, -0.2) is 22.8 Å². The molecule has 0 bridgehead atoms. The van der Waals surface area contributed by atoms with Gasteiger partial charge in [-0.3, -0.25) is 9.59 Å². The molecule has 3 aromatic rings. The minimum atomic E-state index is -0.680. The highest BCUT2D eigenvalue weighted by atomic mass is 35.5. The van der Waals surface area contributed by atoms with Gasteiger partial charge in [0.15, 0.2) is 0 Å². The van der Waals surface area contributed by atoms with Crippen LogP contribution in [-0.2, 0) is 11.2 Å². The standard InChI is InChI=1S/C20H16ClFN2O2/c21-15-5-3-14(4-6-15)11-12-23-20(26)19(25)18-2-1-13-24(18)17-9-7-16(22)8-10-17/h1-10,13H,11-12H2,(H,23,26). The summed E-state index contributed by atoms with van der Waals surface area (Å²) in [5, 5.41) is 3.27. The number of benzene rings is 2. The molecule has 0 aliphatic carbocycles. The molecule has 1 amide bonds. The van der Waals surface area contributed by atoms with Gasteiger partial charge in [-0.15, -0.1) is 0 Å². The minimum absolute atomic E-state index is 0.223. The first-order valence-corrected chi connectivity index (χ1v) is 8.42. The van der Waals surface area contributed by atoms with Crippen molar-refractivity contribution in [1.82, 2.24) is 9.88 Å². The zero-order chi connectivity index (χ0) is 18.5. The fourth-order valence-electron chi connectivity index (χ4n) is 2.56. The predicted octanol–water partition coefficient (Wildman–Crippen LogP) is 3.81. The Hall–Kier alpha value is -2.92. The molecule has 3 rings (SSSR count). The van der Waals surface area contributed by atoms with Crippen LogP contribution < -0.4 is 5.32 Å². The molecule has 4 nitrogen and oxygen atoms in total. The first-order valence-electron chi connectivity index (χ1n) is 8.05. The summed E-state index contributed by atoms with van der Waals surface area (Å²) in [5.74, 6) is -1.69. The van der Waals surface area contributed by atoms with Crippen molar-refractivity contribution in [3.63, 3.8) is 0 Å².